The van der Waals surface area contributed by atoms with E-state index in [0.717, 1.165) is 0 Å². The van der Waals surface area contributed by atoms with E-state index in [1.807, 2.05) is 27.9 Å². The Morgan fingerprint density at radius 3 is 1.64 bits per heavy atom. The molecule has 3 heteroatoms. The summed E-state index contributed by atoms with van der Waals surface area (Å²) in [7, 11) is 3.65. The second-order valence-corrected chi connectivity index (χ2v) is 2.45. The van der Waals surface area contributed by atoms with Crippen LogP contribution in [0.3, 0.4) is 0 Å². The van der Waals surface area contributed by atoms with Crippen molar-refractivity contribution in [3.8, 4) is 0 Å². The minimum Gasteiger partial charge on any atom is -0.395 e. The molecule has 0 aliphatic heterocycles. The van der Waals surface area contributed by atoms with Crippen LogP contribution in [0.2, 0.25) is 0 Å². The first-order valence-corrected chi connectivity index (χ1v) is 4.05. The molecule has 0 aromatic rings. The lowest BCUT2D eigenvalue weighted by Crippen LogP contribution is -2.40. The van der Waals surface area contributed by atoms with E-state index in [1.54, 1.807) is 11.8 Å². The first-order chi connectivity index (χ1) is 5.09. The zero-order valence-corrected chi connectivity index (χ0v) is 8.20. The van der Waals surface area contributed by atoms with Gasteiger partial charge in [-0.15, -0.1) is 0 Å². The third-order valence-corrected chi connectivity index (χ3v) is 1.41. The normalized spacial score (nSPS) is 15.3. The lowest BCUT2D eigenvalue weighted by Gasteiger charge is -2.24. The van der Waals surface area contributed by atoms with Crippen molar-refractivity contribution in [1.29, 1.82) is 0 Å². The molecule has 0 aliphatic carbocycles. The lowest BCUT2D eigenvalue weighted by molar-refractivity contribution is 0.0512. The molecule has 70 valence electrons. The van der Waals surface area contributed by atoms with E-state index < -0.39 is 6.10 Å². The Labute approximate surface area is 69.6 Å². The Balaban J connectivity index is 0. The molecule has 0 rings (SSSR count). The fraction of sp³-hybridized carbons (Fsp3) is 1.00. The maximum Gasteiger partial charge on any atom is 0.0689 e. The van der Waals surface area contributed by atoms with Crippen LogP contribution in [0.4, 0.5) is 0 Å². The summed E-state index contributed by atoms with van der Waals surface area (Å²) in [6.07, 6.45) is -0.468. The van der Waals surface area contributed by atoms with E-state index >= 15 is 0 Å². The van der Waals surface area contributed by atoms with Gasteiger partial charge in [0.15, 0.2) is 0 Å². The Morgan fingerprint density at radius 1 is 1.27 bits per heavy atom. The first kappa shape index (κ1) is 13.5. The van der Waals surface area contributed by atoms with Gasteiger partial charge in [-0.25, -0.2) is 0 Å². The Hall–Kier alpha value is -0.120. The fourth-order valence-corrected chi connectivity index (χ4v) is 0.747. The summed E-state index contributed by atoms with van der Waals surface area (Å²) < 4.78 is 0. The molecule has 0 radical (unpaired) electrons. The largest absolute Gasteiger partial charge is 0.395 e. The van der Waals surface area contributed by atoms with Crippen LogP contribution in [-0.2, 0) is 0 Å². The van der Waals surface area contributed by atoms with Gasteiger partial charge in [-0.05, 0) is 21.0 Å². The Kier molecular flexibility index (Phi) is 9.77. The Morgan fingerprint density at radius 2 is 1.64 bits per heavy atom. The van der Waals surface area contributed by atoms with E-state index in [4.69, 9.17) is 10.2 Å². The highest BCUT2D eigenvalue weighted by atomic mass is 16.3. The summed E-state index contributed by atoms with van der Waals surface area (Å²) in [4.78, 5) is 1.80. The molecule has 2 N–H and O–H groups in total. The molecule has 0 saturated carbocycles. The Bertz CT molecular complexity index is 66.5. The standard InChI is InChI=1S/C6H15NO2.C2H6/c1-5(9)6(4-8)7(2)3;1-2/h5-6,8-9H,4H2,1-3H3;1-2H3. The minimum atomic E-state index is -0.468. The molecule has 11 heavy (non-hydrogen) atoms. The highest BCUT2D eigenvalue weighted by Crippen LogP contribution is 1.97. The first-order valence-electron chi connectivity index (χ1n) is 4.05. The van der Waals surface area contributed by atoms with Crippen LogP contribution in [0.25, 0.3) is 0 Å². The summed E-state index contributed by atoms with van der Waals surface area (Å²) in [6, 6.07) is -0.134. The zero-order chi connectivity index (χ0) is 9.44. The highest BCUT2D eigenvalue weighted by Gasteiger charge is 2.14. The van der Waals surface area contributed by atoms with Crippen molar-refractivity contribution >= 4 is 0 Å². The molecular formula is C8H21NO2. The molecular weight excluding hydrogens is 142 g/mol. The molecule has 0 heterocycles. The van der Waals surface area contributed by atoms with E-state index in [1.165, 1.54) is 0 Å². The maximum absolute atomic E-state index is 8.98. The van der Waals surface area contributed by atoms with Crippen LogP contribution in [0.1, 0.15) is 20.8 Å². The number of aliphatic hydroxyl groups excluding tert-OH is 2. The molecule has 3 nitrogen and oxygen atoms in total. The number of aliphatic hydroxyl groups is 2. The number of likely N-dealkylation sites (N-methyl/N-ethyl adjacent to an activating group) is 1. The van der Waals surface area contributed by atoms with Crippen molar-refractivity contribution in [3.05, 3.63) is 0 Å². The SMILES string of the molecule is CC.CC(O)C(CO)N(C)C. The van der Waals surface area contributed by atoms with Gasteiger partial charge in [0.1, 0.15) is 0 Å². The fourth-order valence-electron chi connectivity index (χ4n) is 0.747. The predicted octanol–water partition coefficient (Wildman–Crippen LogP) is 0.316. The quantitative estimate of drug-likeness (QED) is 0.629. The van der Waals surface area contributed by atoms with Crippen molar-refractivity contribution in [2.24, 2.45) is 0 Å². The number of hydrogen-bond donors (Lipinski definition) is 2. The smallest absolute Gasteiger partial charge is 0.0689 e. The molecule has 0 spiro atoms. The monoisotopic (exact) mass is 163 g/mol. The molecule has 2 unspecified atom stereocenters. The van der Waals surface area contributed by atoms with E-state index in [-0.39, 0.29) is 12.6 Å². The van der Waals surface area contributed by atoms with Gasteiger partial charge in [0.25, 0.3) is 0 Å². The zero-order valence-electron chi connectivity index (χ0n) is 8.20. The van der Waals surface area contributed by atoms with Crippen LogP contribution >= 0.6 is 0 Å². The van der Waals surface area contributed by atoms with Gasteiger partial charge in [0.2, 0.25) is 0 Å². The molecule has 0 bridgehead atoms. The average Bonchev–Trinajstić information content (AvgIpc) is 1.91. The summed E-state index contributed by atoms with van der Waals surface area (Å²) in [6.45, 7) is 5.67. The van der Waals surface area contributed by atoms with Gasteiger partial charge in [-0.3, -0.25) is 0 Å². The molecule has 0 fully saturated rings. The second kappa shape index (κ2) is 7.98. The van der Waals surface area contributed by atoms with Gasteiger partial charge >= 0.3 is 0 Å². The number of nitrogens with zero attached hydrogens (tertiary/aromatic N) is 1. The van der Waals surface area contributed by atoms with Gasteiger partial charge in [0.05, 0.1) is 18.8 Å². The van der Waals surface area contributed by atoms with Crippen molar-refractivity contribution < 1.29 is 10.2 Å². The van der Waals surface area contributed by atoms with Crippen molar-refractivity contribution in [1.82, 2.24) is 4.90 Å². The third-order valence-electron chi connectivity index (χ3n) is 1.41. The topological polar surface area (TPSA) is 43.7 Å². The average molecular weight is 163 g/mol. The van der Waals surface area contributed by atoms with Crippen LogP contribution in [-0.4, -0.2) is 48.0 Å². The molecule has 0 aromatic heterocycles. The lowest BCUT2D eigenvalue weighted by atomic mass is 10.2. The van der Waals surface area contributed by atoms with E-state index in [0.29, 0.717) is 0 Å². The molecule has 0 aromatic carbocycles. The van der Waals surface area contributed by atoms with Crippen LogP contribution in [0.15, 0.2) is 0 Å². The van der Waals surface area contributed by atoms with Crippen molar-refractivity contribution in [3.63, 3.8) is 0 Å². The number of rotatable bonds is 3. The highest BCUT2D eigenvalue weighted by molar-refractivity contribution is 4.69. The summed E-state index contributed by atoms with van der Waals surface area (Å²) in [5, 5.41) is 17.6. The minimum absolute atomic E-state index is 0.00463. The van der Waals surface area contributed by atoms with Crippen LogP contribution in [0, 0.1) is 0 Å². The molecule has 0 saturated heterocycles. The van der Waals surface area contributed by atoms with Crippen LogP contribution in [0.5, 0.6) is 0 Å². The number of hydrogen-bond acceptors (Lipinski definition) is 3. The van der Waals surface area contributed by atoms with Gasteiger partial charge < -0.3 is 15.1 Å². The predicted molar refractivity (Wildman–Crippen MR) is 47.6 cm³/mol. The van der Waals surface area contributed by atoms with E-state index in [9.17, 15) is 0 Å². The van der Waals surface area contributed by atoms with Gasteiger partial charge in [0, 0.05) is 0 Å². The third kappa shape index (κ3) is 6.28. The molecule has 2 atom stereocenters. The molecule has 0 aliphatic rings. The molecule has 0 amide bonds. The van der Waals surface area contributed by atoms with Gasteiger partial charge in [-0.2, -0.15) is 0 Å². The summed E-state index contributed by atoms with van der Waals surface area (Å²) >= 11 is 0. The maximum atomic E-state index is 8.98. The summed E-state index contributed by atoms with van der Waals surface area (Å²) in [5.41, 5.74) is 0. The van der Waals surface area contributed by atoms with Crippen molar-refractivity contribution in [2.75, 3.05) is 20.7 Å². The van der Waals surface area contributed by atoms with E-state index in [2.05, 4.69) is 0 Å². The van der Waals surface area contributed by atoms with Gasteiger partial charge in [-0.1, -0.05) is 13.8 Å². The second-order valence-electron chi connectivity index (χ2n) is 2.45. The summed E-state index contributed by atoms with van der Waals surface area (Å²) in [5.74, 6) is 0. The van der Waals surface area contributed by atoms with Crippen LogP contribution < -0.4 is 0 Å². The van der Waals surface area contributed by atoms with Crippen molar-refractivity contribution in [2.45, 2.75) is 32.9 Å².